The van der Waals surface area contributed by atoms with Gasteiger partial charge >= 0.3 is 31.4 Å². The number of aliphatic hydroxyl groups excluding tert-OH is 3. The van der Waals surface area contributed by atoms with Gasteiger partial charge in [-0.3, -0.25) is 38.2 Å². The number of phosphoric ester groups is 1. The fourth-order valence-electron chi connectivity index (χ4n) is 5.07. The molecule has 12 N–H and O–H groups in total. The number of carboxylic acids is 3. The van der Waals surface area contributed by atoms with Crippen molar-refractivity contribution in [2.75, 3.05) is 23.4 Å². The first-order valence-corrected chi connectivity index (χ1v) is 17.6. The third-order valence-electron chi connectivity index (χ3n) is 8.14. The number of aliphatic carboxylic acids is 3. The monoisotopic (exact) mass is 788 g/mol. The molecule has 0 saturated carbocycles. The second-order valence-corrected chi connectivity index (χ2v) is 13.7. The van der Waals surface area contributed by atoms with Crippen LogP contribution in [-0.4, -0.2) is 125 Å². The molecule has 3 rings (SSSR count). The molecule has 1 aliphatic heterocycles. The van der Waals surface area contributed by atoms with E-state index in [9.17, 15) is 63.4 Å². The number of carboxylic acid groups (broad SMARTS) is 3. The van der Waals surface area contributed by atoms with Gasteiger partial charge in [-0.1, -0.05) is 0 Å². The number of β-amino-alcohol motifs (C(OH)–C–C–N with tert-alkyl or cyclic N) is 1. The van der Waals surface area contributed by atoms with E-state index in [-0.39, 0.29) is 11.5 Å². The average molecular weight is 789 g/mol. The predicted octanol–water partition coefficient (Wildman–Crippen LogP) is -1.74. The van der Waals surface area contributed by atoms with Crippen molar-refractivity contribution in [3.63, 3.8) is 0 Å². The van der Waals surface area contributed by atoms with Crippen LogP contribution in [0, 0.1) is 13.8 Å². The maximum absolute atomic E-state index is 12.6. The molecule has 0 saturated heterocycles. The topological polar surface area (TPSA) is 368 Å². The first kappa shape index (κ1) is 43.2. The van der Waals surface area contributed by atoms with Gasteiger partial charge in [0.05, 0.1) is 24.5 Å². The number of aromatic nitrogens is 2. The number of H-pyrrole nitrogens is 2. The molecule has 298 valence electrons. The Labute approximate surface area is 304 Å². The first-order chi connectivity index (χ1) is 25.1. The van der Waals surface area contributed by atoms with Crippen LogP contribution in [0.15, 0.2) is 21.7 Å². The van der Waals surface area contributed by atoms with Crippen LogP contribution in [0.5, 0.6) is 0 Å². The largest absolute Gasteiger partial charge is 0.481 e. The van der Waals surface area contributed by atoms with Crippen molar-refractivity contribution in [1.29, 1.82) is 0 Å². The maximum Gasteiger partial charge on any atom is 0.473 e. The zero-order chi connectivity index (χ0) is 40.7. The van der Waals surface area contributed by atoms with Crippen LogP contribution < -0.4 is 32.1 Å². The number of rotatable bonds is 20. The van der Waals surface area contributed by atoms with Crippen LogP contribution in [0.4, 0.5) is 22.9 Å². The van der Waals surface area contributed by atoms with Gasteiger partial charge in [0.25, 0.3) is 5.56 Å². The molecule has 2 heterocycles. The lowest BCUT2D eigenvalue weighted by atomic mass is 10.0. The Morgan fingerprint density at radius 1 is 0.889 bits per heavy atom. The smallest absolute Gasteiger partial charge is 0.473 e. The number of carbonyl (C=O) groups excluding carboxylic acids is 2. The number of benzene rings is 1. The highest BCUT2D eigenvalue weighted by molar-refractivity contribution is 7.47. The number of amides is 2. The summed E-state index contributed by atoms with van der Waals surface area (Å²) >= 11 is 0. The summed E-state index contributed by atoms with van der Waals surface area (Å²) in [7, 11) is -5.23. The van der Waals surface area contributed by atoms with E-state index in [1.54, 1.807) is 19.1 Å². The number of fused-ring (bicyclic) bond motifs is 2. The second kappa shape index (κ2) is 18.2. The number of aryl methyl sites for hydroxylation is 2. The van der Waals surface area contributed by atoms with Gasteiger partial charge in [0, 0.05) is 12.8 Å². The molecule has 1 aromatic heterocycles. The molecule has 0 bridgehead atoms. The van der Waals surface area contributed by atoms with Crippen molar-refractivity contribution in [2.45, 2.75) is 83.0 Å². The van der Waals surface area contributed by atoms with Crippen molar-refractivity contribution in [3.05, 3.63) is 44.1 Å². The Hall–Kier alpha value is -5.16. The molecule has 2 amide bonds. The lowest BCUT2D eigenvalue weighted by Gasteiger charge is -2.35. The lowest BCUT2D eigenvalue weighted by molar-refractivity contribution is -0.144. The number of hydrogen-bond acceptors (Lipinski definition) is 15. The minimum Gasteiger partial charge on any atom is -0.481 e. The summed E-state index contributed by atoms with van der Waals surface area (Å²) in [6.07, 6.45) is -10.1. The van der Waals surface area contributed by atoms with Gasteiger partial charge < -0.3 is 56.4 Å². The minimum atomic E-state index is -5.23. The Bertz CT molecular complexity index is 1920. The first-order valence-electron chi connectivity index (χ1n) is 16.1. The van der Waals surface area contributed by atoms with Crippen molar-refractivity contribution in [3.8, 4) is 0 Å². The van der Waals surface area contributed by atoms with E-state index in [2.05, 4.69) is 19.8 Å². The van der Waals surface area contributed by atoms with E-state index in [1.165, 1.54) is 4.90 Å². The molecule has 0 spiro atoms. The molecule has 0 fully saturated rings. The normalized spacial score (nSPS) is 16.5. The predicted molar refractivity (Wildman–Crippen MR) is 183 cm³/mol. The maximum atomic E-state index is 12.6. The van der Waals surface area contributed by atoms with Crippen molar-refractivity contribution < 1.29 is 73.1 Å². The number of nitrogens with one attached hydrogen (secondary N) is 5. The fraction of sp³-hybridized carbons (Fsp3) is 0.500. The highest BCUT2D eigenvalue weighted by atomic mass is 31.2. The second-order valence-electron chi connectivity index (χ2n) is 12.3. The van der Waals surface area contributed by atoms with Gasteiger partial charge in [0.1, 0.15) is 48.0 Å². The SMILES string of the molecule is Cc1cc2c(cc1C)N(C[C@H](O)[C@H](O)[C@H](O)COP(=O)(O)O[C@@H](C)C(=O)NC(CCC(=O)NC(CCC(=O)O)C(=O)O)C(=O)O)c1[nH]c(=O)[nH]c(=O)c1N2. The number of hydrogen-bond donors (Lipinski definition) is 12. The van der Waals surface area contributed by atoms with Crippen molar-refractivity contribution >= 4 is 60.4 Å². The zero-order valence-corrected chi connectivity index (χ0v) is 29.9. The van der Waals surface area contributed by atoms with Crippen LogP contribution in [-0.2, 0) is 37.6 Å². The molecule has 7 atom stereocenters. The molecule has 0 radical (unpaired) electrons. The van der Waals surface area contributed by atoms with Crippen LogP contribution in [0.25, 0.3) is 0 Å². The van der Waals surface area contributed by atoms with E-state index in [4.69, 9.17) is 14.7 Å². The molecule has 1 aliphatic rings. The summed E-state index contributed by atoms with van der Waals surface area (Å²) in [6, 6.07) is 0.0587. The van der Waals surface area contributed by atoms with E-state index >= 15 is 0 Å². The highest BCUT2D eigenvalue weighted by Crippen LogP contribution is 2.45. The van der Waals surface area contributed by atoms with Crippen LogP contribution in [0.2, 0.25) is 0 Å². The average Bonchev–Trinajstić information content (AvgIpc) is 3.07. The molecule has 0 aliphatic carbocycles. The Morgan fingerprint density at radius 2 is 1.48 bits per heavy atom. The van der Waals surface area contributed by atoms with Gasteiger partial charge in [-0.05, 0) is 56.9 Å². The fourth-order valence-corrected chi connectivity index (χ4v) is 5.97. The summed E-state index contributed by atoms with van der Waals surface area (Å²) < 4.78 is 22.0. The van der Waals surface area contributed by atoms with Gasteiger partial charge in [-0.15, -0.1) is 0 Å². The summed E-state index contributed by atoms with van der Waals surface area (Å²) in [5.74, 6) is -6.76. The van der Waals surface area contributed by atoms with Crippen molar-refractivity contribution in [1.82, 2.24) is 20.6 Å². The van der Waals surface area contributed by atoms with Gasteiger partial charge in [-0.2, -0.15) is 0 Å². The summed E-state index contributed by atoms with van der Waals surface area (Å²) in [6.45, 7) is 2.87. The van der Waals surface area contributed by atoms with E-state index in [0.717, 1.165) is 18.1 Å². The molecule has 54 heavy (non-hydrogen) atoms. The van der Waals surface area contributed by atoms with Crippen LogP contribution >= 0.6 is 7.82 Å². The van der Waals surface area contributed by atoms with Gasteiger partial charge in [0.15, 0.2) is 0 Å². The summed E-state index contributed by atoms with van der Waals surface area (Å²) in [5, 5.41) is 66.3. The summed E-state index contributed by atoms with van der Waals surface area (Å²) in [5.41, 5.74) is 0.715. The number of phosphoric acid groups is 1. The number of aliphatic hydroxyl groups is 3. The molecule has 23 nitrogen and oxygen atoms in total. The lowest BCUT2D eigenvalue weighted by Crippen LogP contribution is -2.47. The van der Waals surface area contributed by atoms with Gasteiger partial charge in [0.2, 0.25) is 11.8 Å². The van der Waals surface area contributed by atoms with Crippen LogP contribution in [0.3, 0.4) is 0 Å². The van der Waals surface area contributed by atoms with Crippen molar-refractivity contribution in [2.24, 2.45) is 0 Å². The Balaban J connectivity index is 1.58. The van der Waals surface area contributed by atoms with E-state index < -0.39 is 124 Å². The Kier molecular flexibility index (Phi) is 14.6. The standard InChI is InChI=1S/C30H41N6O17P/c1-12-8-17-18(9-13(12)2)36(25-23(32-17)27(44)35-30(49)34-25)10-19(37)24(42)20(38)11-52-54(50,51)53-14(3)26(43)33-16(29(47)48)4-6-21(39)31-15(28(45)46)5-7-22(40)41/h8-9,14-16,19-20,24,32,37-38,42H,4-7,10-11H2,1-3H3,(H,31,39)(H,33,43)(H,40,41)(H,45,46)(H,47,48)(H,50,51)(H2,34,35,44,49)/t14-,15?,16?,19-,20+,24-/m0/s1. The number of nitrogens with zero attached hydrogens (tertiary/aromatic N) is 1. The summed E-state index contributed by atoms with van der Waals surface area (Å²) in [4.78, 5) is 99.1. The quantitative estimate of drug-likeness (QED) is 0.0663. The minimum absolute atomic E-state index is 0.0646. The third-order valence-corrected chi connectivity index (χ3v) is 9.20. The highest BCUT2D eigenvalue weighted by Gasteiger charge is 2.36. The molecule has 24 heteroatoms. The number of aromatic amines is 2. The van der Waals surface area contributed by atoms with Crippen LogP contribution in [0.1, 0.15) is 43.7 Å². The molecule has 1 aromatic carbocycles. The molecular formula is C30H41N6O17P. The third kappa shape index (κ3) is 11.7. The van der Waals surface area contributed by atoms with E-state index in [0.29, 0.717) is 11.4 Å². The molecule has 3 unspecified atom stereocenters. The van der Waals surface area contributed by atoms with Gasteiger partial charge in [-0.25, -0.2) is 18.9 Å². The zero-order valence-electron chi connectivity index (χ0n) is 29.0. The molecule has 2 aromatic rings. The van der Waals surface area contributed by atoms with E-state index in [1.807, 2.05) is 17.6 Å². The number of carbonyl (C=O) groups is 5. The Morgan fingerprint density at radius 3 is 2.09 bits per heavy atom. The molecular weight excluding hydrogens is 747 g/mol. The number of anilines is 4.